The second-order valence-electron chi connectivity index (χ2n) is 9.37. The van der Waals surface area contributed by atoms with Gasteiger partial charge in [0.1, 0.15) is 17.2 Å². The molecule has 0 saturated carbocycles. The van der Waals surface area contributed by atoms with Crippen LogP contribution in [0.15, 0.2) is 60.7 Å². The minimum absolute atomic E-state index is 0.374. The maximum Gasteiger partial charge on any atom is 0.154 e. The number of anilines is 1. The van der Waals surface area contributed by atoms with Crippen molar-refractivity contribution in [2.75, 3.05) is 33.0 Å². The van der Waals surface area contributed by atoms with Gasteiger partial charge in [0.2, 0.25) is 0 Å². The molecule has 0 atom stereocenters. The van der Waals surface area contributed by atoms with Crippen LogP contribution in [-0.2, 0) is 13.1 Å². The Bertz CT molecular complexity index is 1330. The van der Waals surface area contributed by atoms with Crippen molar-refractivity contribution in [3.8, 4) is 22.8 Å². The fraction of sp³-hybridized carbons (Fsp3) is 0.310. The summed E-state index contributed by atoms with van der Waals surface area (Å²) in [4.78, 5) is 2.52. The molecule has 0 amide bonds. The average Bonchev–Trinajstić information content (AvgIpc) is 2.94. The monoisotopic (exact) mass is 483 g/mol. The van der Waals surface area contributed by atoms with E-state index in [1.807, 2.05) is 30.3 Å². The molecule has 0 spiro atoms. The van der Waals surface area contributed by atoms with E-state index in [0.717, 1.165) is 71.6 Å². The molecule has 4 aromatic rings. The number of rotatable bonds is 7. The van der Waals surface area contributed by atoms with Crippen molar-refractivity contribution in [2.24, 2.45) is 5.73 Å². The van der Waals surface area contributed by atoms with Crippen molar-refractivity contribution < 1.29 is 9.47 Å². The number of likely N-dealkylation sites (tertiary alicyclic amines) is 1. The van der Waals surface area contributed by atoms with Crippen LogP contribution in [0.3, 0.4) is 0 Å². The lowest BCUT2D eigenvalue weighted by Crippen LogP contribution is -2.32. The minimum Gasteiger partial charge on any atom is -0.497 e. The van der Waals surface area contributed by atoms with E-state index in [2.05, 4.69) is 45.4 Å². The molecule has 1 aromatic heterocycles. The summed E-state index contributed by atoms with van der Waals surface area (Å²) in [5, 5.41) is 10.8. The third-order valence-electron chi connectivity index (χ3n) is 7.20. The highest BCUT2D eigenvalue weighted by Crippen LogP contribution is 2.41. The van der Waals surface area contributed by atoms with Gasteiger partial charge in [-0.05, 0) is 84.9 Å². The first-order valence-corrected chi connectivity index (χ1v) is 12.4. The molecule has 0 bridgehead atoms. The number of methoxy groups -OCH3 is 2. The smallest absolute Gasteiger partial charge is 0.154 e. The van der Waals surface area contributed by atoms with E-state index >= 15 is 0 Å². The van der Waals surface area contributed by atoms with Crippen molar-refractivity contribution in [3.05, 3.63) is 77.4 Å². The zero-order valence-corrected chi connectivity index (χ0v) is 20.9. The number of piperidine rings is 1. The topological polar surface area (TPSA) is 99.5 Å². The summed E-state index contributed by atoms with van der Waals surface area (Å²) in [6.45, 7) is 3.57. The molecule has 7 heteroatoms. The third kappa shape index (κ3) is 4.85. The fourth-order valence-corrected chi connectivity index (χ4v) is 5.14. The zero-order chi connectivity index (χ0) is 25.1. The van der Waals surface area contributed by atoms with Gasteiger partial charge in [0, 0.05) is 29.4 Å². The van der Waals surface area contributed by atoms with Gasteiger partial charge in [-0.1, -0.05) is 24.3 Å². The molecule has 2 heterocycles. The molecule has 1 fully saturated rings. The normalized spacial score (nSPS) is 14.8. The zero-order valence-electron chi connectivity index (χ0n) is 20.9. The summed E-state index contributed by atoms with van der Waals surface area (Å²) in [5.74, 6) is 2.39. The molecule has 1 aliphatic heterocycles. The Labute approximate surface area is 212 Å². The Hall–Kier alpha value is -3.68. The lowest BCUT2D eigenvalue weighted by atomic mass is 9.85. The molecule has 7 nitrogen and oxygen atoms in total. The lowest BCUT2D eigenvalue weighted by Gasteiger charge is -2.33. The summed E-state index contributed by atoms with van der Waals surface area (Å²) in [5.41, 5.74) is 17.6. The first-order chi connectivity index (χ1) is 17.6. The van der Waals surface area contributed by atoms with Gasteiger partial charge in [-0.15, -0.1) is 10.2 Å². The highest BCUT2D eigenvalue weighted by molar-refractivity contribution is 6.02. The number of hydrogen-bond donors (Lipinski definition) is 2. The van der Waals surface area contributed by atoms with Crippen LogP contribution in [-0.4, -0.2) is 42.4 Å². The second-order valence-corrected chi connectivity index (χ2v) is 9.37. The number of hydrogen-bond acceptors (Lipinski definition) is 7. The van der Waals surface area contributed by atoms with Crippen molar-refractivity contribution in [1.82, 2.24) is 15.1 Å². The van der Waals surface area contributed by atoms with Crippen LogP contribution in [0, 0.1) is 0 Å². The quantitative estimate of drug-likeness (QED) is 0.392. The molecule has 186 valence electrons. The van der Waals surface area contributed by atoms with Crippen molar-refractivity contribution in [1.29, 1.82) is 0 Å². The van der Waals surface area contributed by atoms with Gasteiger partial charge in [0.15, 0.2) is 5.82 Å². The maximum atomic E-state index is 6.33. The van der Waals surface area contributed by atoms with E-state index in [4.69, 9.17) is 20.9 Å². The maximum absolute atomic E-state index is 6.33. The Morgan fingerprint density at radius 1 is 0.861 bits per heavy atom. The molecule has 1 saturated heterocycles. The molecule has 1 aliphatic rings. The van der Waals surface area contributed by atoms with Crippen LogP contribution in [0.4, 0.5) is 5.82 Å². The molecule has 0 unspecified atom stereocenters. The highest BCUT2D eigenvalue weighted by atomic mass is 16.5. The predicted molar refractivity (Wildman–Crippen MR) is 144 cm³/mol. The number of aromatic nitrogens is 2. The molecule has 0 radical (unpaired) electrons. The average molecular weight is 484 g/mol. The Balaban J connectivity index is 1.46. The lowest BCUT2D eigenvalue weighted by molar-refractivity contribution is 0.205. The van der Waals surface area contributed by atoms with Gasteiger partial charge in [-0.25, -0.2) is 0 Å². The molecular weight excluding hydrogens is 450 g/mol. The van der Waals surface area contributed by atoms with E-state index in [1.165, 1.54) is 11.1 Å². The fourth-order valence-electron chi connectivity index (χ4n) is 5.14. The Morgan fingerprint density at radius 2 is 1.53 bits per heavy atom. The van der Waals surface area contributed by atoms with Gasteiger partial charge in [-0.2, -0.15) is 0 Å². The number of benzene rings is 3. The first-order valence-electron chi connectivity index (χ1n) is 12.4. The molecule has 0 aliphatic carbocycles. The summed E-state index contributed by atoms with van der Waals surface area (Å²) < 4.78 is 11.0. The standard InChI is InChI=1S/C29H33N5O2/c1-35-23-9-7-22(8-10-23)28-27-25(15-24(36-2)16-26(27)29(31)33-32-28)21-11-13-34(14-12-21)18-20-5-3-19(17-30)4-6-20/h3-10,15-16,21H,11-14,17-18,30H2,1-2H3,(H2,31,33). The van der Waals surface area contributed by atoms with Crippen molar-refractivity contribution >= 4 is 16.6 Å². The van der Waals surface area contributed by atoms with E-state index in [9.17, 15) is 0 Å². The van der Waals surface area contributed by atoms with Crippen molar-refractivity contribution in [3.63, 3.8) is 0 Å². The van der Waals surface area contributed by atoms with Gasteiger partial charge in [-0.3, -0.25) is 4.90 Å². The van der Waals surface area contributed by atoms with Crippen LogP contribution in [0.5, 0.6) is 11.5 Å². The first kappa shape index (κ1) is 24.0. The molecule has 36 heavy (non-hydrogen) atoms. The van der Waals surface area contributed by atoms with Crippen LogP contribution >= 0.6 is 0 Å². The molecule has 5 rings (SSSR count). The number of nitrogen functional groups attached to an aromatic ring is 1. The Morgan fingerprint density at radius 3 is 2.17 bits per heavy atom. The summed E-state index contributed by atoms with van der Waals surface area (Å²) in [7, 11) is 3.36. The van der Waals surface area contributed by atoms with Gasteiger partial charge >= 0.3 is 0 Å². The number of nitrogens with zero attached hydrogens (tertiary/aromatic N) is 3. The third-order valence-corrected chi connectivity index (χ3v) is 7.20. The van der Waals surface area contributed by atoms with Crippen LogP contribution in [0.2, 0.25) is 0 Å². The van der Waals surface area contributed by atoms with Gasteiger partial charge < -0.3 is 20.9 Å². The number of ether oxygens (including phenoxy) is 2. The minimum atomic E-state index is 0.374. The van der Waals surface area contributed by atoms with E-state index in [1.54, 1.807) is 14.2 Å². The van der Waals surface area contributed by atoms with Gasteiger partial charge in [0.05, 0.1) is 14.2 Å². The summed E-state index contributed by atoms with van der Waals surface area (Å²) in [6.07, 6.45) is 2.10. The van der Waals surface area contributed by atoms with E-state index < -0.39 is 0 Å². The highest BCUT2D eigenvalue weighted by Gasteiger charge is 2.25. The molecular formula is C29H33N5O2. The van der Waals surface area contributed by atoms with Crippen LogP contribution in [0.25, 0.3) is 22.0 Å². The second kappa shape index (κ2) is 10.5. The largest absolute Gasteiger partial charge is 0.497 e. The molecule has 4 N–H and O–H groups in total. The van der Waals surface area contributed by atoms with Crippen LogP contribution in [0.1, 0.15) is 35.4 Å². The van der Waals surface area contributed by atoms with Crippen molar-refractivity contribution in [2.45, 2.75) is 31.8 Å². The van der Waals surface area contributed by atoms with Gasteiger partial charge in [0.25, 0.3) is 0 Å². The Kier molecular flexibility index (Phi) is 7.02. The van der Waals surface area contributed by atoms with E-state index in [0.29, 0.717) is 18.3 Å². The summed E-state index contributed by atoms with van der Waals surface area (Å²) >= 11 is 0. The van der Waals surface area contributed by atoms with E-state index in [-0.39, 0.29) is 0 Å². The number of fused-ring (bicyclic) bond motifs is 1. The van der Waals surface area contributed by atoms with Crippen LogP contribution < -0.4 is 20.9 Å². The summed E-state index contributed by atoms with van der Waals surface area (Å²) in [6, 6.07) is 20.7. The number of nitrogens with two attached hydrogens (primary N) is 2. The predicted octanol–water partition coefficient (Wildman–Crippen LogP) is 4.73. The molecule has 3 aromatic carbocycles. The SMILES string of the molecule is COc1ccc(-c2nnc(N)c3cc(OC)cc(C4CCN(Cc5ccc(CN)cc5)CC4)c23)cc1.